The van der Waals surface area contributed by atoms with Crippen LogP contribution in [-0.4, -0.2) is 15.0 Å². The minimum atomic E-state index is 1.02. The van der Waals surface area contributed by atoms with Gasteiger partial charge in [0.25, 0.3) is 0 Å². The molecule has 3 nitrogen and oxygen atoms in total. The lowest BCUT2D eigenvalue weighted by atomic mass is 9.85. The zero-order valence-electron chi connectivity index (χ0n) is 42.3. The van der Waals surface area contributed by atoms with Crippen molar-refractivity contribution in [1.82, 2.24) is 15.0 Å². The number of hydrogen-bond acceptors (Lipinski definition) is 3. The first kappa shape index (κ1) is 44.0. The highest BCUT2D eigenvalue weighted by Gasteiger charge is 2.20. The molecule has 0 bridgehead atoms. The highest BCUT2D eigenvalue weighted by atomic mass is 14.7. The predicted molar refractivity (Wildman–Crippen MR) is 330 cm³/mol. The number of fused-ring (bicyclic) bond motifs is 18. The summed E-state index contributed by atoms with van der Waals surface area (Å²) >= 11 is 0. The fraction of sp³-hybridized carbons (Fsp3) is 0. The maximum atomic E-state index is 4.94. The molecule has 0 N–H and O–H groups in total. The molecule has 0 spiro atoms. The Hall–Kier alpha value is -10.4. The van der Waals surface area contributed by atoms with E-state index in [9.17, 15) is 0 Å². The van der Waals surface area contributed by atoms with Gasteiger partial charge in [-0.3, -0.25) is 15.0 Å². The molecule has 0 aliphatic heterocycles. The van der Waals surface area contributed by atoms with E-state index < -0.39 is 0 Å². The Bertz CT molecular complexity index is 4540. The smallest absolute Gasteiger partial charge is 0.0786 e. The second kappa shape index (κ2) is 17.6. The first-order chi connectivity index (χ1) is 38.7. The quantitative estimate of drug-likeness (QED) is 0.156. The fourth-order valence-corrected chi connectivity index (χ4v) is 12.8. The van der Waals surface area contributed by atoms with E-state index in [2.05, 4.69) is 237 Å². The van der Waals surface area contributed by atoms with Crippen molar-refractivity contribution in [2.45, 2.75) is 0 Å². The monoisotopic (exact) mass is 987 g/mol. The molecule has 0 radical (unpaired) electrons. The summed E-state index contributed by atoms with van der Waals surface area (Å²) in [5.74, 6) is 0. The van der Waals surface area contributed by atoms with Gasteiger partial charge in [-0.05, 0) is 170 Å². The minimum absolute atomic E-state index is 1.02. The lowest BCUT2D eigenvalue weighted by Gasteiger charge is -2.19. The van der Waals surface area contributed by atoms with E-state index >= 15 is 0 Å². The zero-order chi connectivity index (χ0) is 51.3. The summed E-state index contributed by atoms with van der Waals surface area (Å²) in [6.45, 7) is 0. The molecule has 0 atom stereocenters. The van der Waals surface area contributed by atoms with Gasteiger partial charge in [-0.2, -0.15) is 0 Å². The van der Waals surface area contributed by atoms with Crippen molar-refractivity contribution < 1.29 is 0 Å². The van der Waals surface area contributed by atoms with Gasteiger partial charge in [0.05, 0.1) is 16.6 Å². The lowest BCUT2D eigenvalue weighted by Crippen LogP contribution is -1.93. The largest absolute Gasteiger partial charge is 0.256 e. The zero-order valence-corrected chi connectivity index (χ0v) is 42.3. The summed E-state index contributed by atoms with van der Waals surface area (Å²) in [4.78, 5) is 14.8. The molecule has 3 aromatic heterocycles. The van der Waals surface area contributed by atoms with Crippen LogP contribution in [0.4, 0.5) is 0 Å². The Labute approximate surface area is 450 Å². The van der Waals surface area contributed by atoms with E-state index in [0.717, 1.165) is 82.8 Å². The fourth-order valence-electron chi connectivity index (χ4n) is 12.8. The number of aromatic nitrogens is 3. The number of hydrogen-bond donors (Lipinski definition) is 0. The van der Waals surface area contributed by atoms with Crippen molar-refractivity contribution in [1.29, 1.82) is 0 Å². The van der Waals surface area contributed by atoms with E-state index in [1.165, 1.54) is 81.3 Å². The Balaban J connectivity index is 0.925. The van der Waals surface area contributed by atoms with Gasteiger partial charge in [-0.1, -0.05) is 200 Å². The van der Waals surface area contributed by atoms with Crippen LogP contribution in [0, 0.1) is 0 Å². The third kappa shape index (κ3) is 6.88. The van der Waals surface area contributed by atoms with Crippen molar-refractivity contribution in [2.24, 2.45) is 0 Å². The van der Waals surface area contributed by atoms with E-state index in [1.54, 1.807) is 0 Å². The van der Waals surface area contributed by atoms with Crippen LogP contribution >= 0.6 is 0 Å². The second-order valence-corrected chi connectivity index (χ2v) is 20.6. The van der Waals surface area contributed by atoms with Crippen molar-refractivity contribution in [3.05, 3.63) is 273 Å². The molecule has 16 rings (SSSR count). The maximum Gasteiger partial charge on any atom is 0.0786 e. The molecule has 0 aliphatic rings. The van der Waals surface area contributed by atoms with Crippen LogP contribution in [0.25, 0.3) is 164 Å². The summed E-state index contributed by atoms with van der Waals surface area (Å²) in [5, 5.41) is 17.9. The first-order valence-corrected chi connectivity index (χ1v) is 26.7. The average molecular weight is 988 g/mol. The SMILES string of the molecule is c1ccc(-c2ccc3c(c2)c2ccccc2c2cccnc23)c(-c2cc(-c3ccccc3-c3ccc4c(c3)c3ccccc3c3cccnc34)cc(-c3ccccc3-c3ccc4c(c3)c3ccccc3c3cccnc34)c2)c1. The van der Waals surface area contributed by atoms with Crippen LogP contribution in [0.3, 0.4) is 0 Å². The normalized spacial score (nSPS) is 11.8. The Kier molecular flexibility index (Phi) is 9.94. The van der Waals surface area contributed by atoms with Gasteiger partial charge >= 0.3 is 0 Å². The summed E-state index contributed by atoms with van der Waals surface area (Å²) in [6.07, 6.45) is 5.72. The summed E-state index contributed by atoms with van der Waals surface area (Å²) < 4.78 is 0. The molecule has 360 valence electrons. The van der Waals surface area contributed by atoms with Crippen molar-refractivity contribution >= 4 is 97.3 Å². The third-order valence-corrected chi connectivity index (χ3v) is 16.3. The number of pyridine rings is 3. The van der Waals surface area contributed by atoms with Gasteiger partial charge in [-0.15, -0.1) is 0 Å². The van der Waals surface area contributed by atoms with Crippen LogP contribution in [0.5, 0.6) is 0 Å². The second-order valence-electron chi connectivity index (χ2n) is 20.6. The number of rotatable bonds is 6. The van der Waals surface area contributed by atoms with Crippen LogP contribution in [-0.2, 0) is 0 Å². The molecule has 3 heterocycles. The molecule has 0 saturated carbocycles. The van der Waals surface area contributed by atoms with Crippen molar-refractivity contribution in [3.63, 3.8) is 0 Å². The van der Waals surface area contributed by atoms with E-state index in [-0.39, 0.29) is 0 Å². The molecule has 0 saturated heterocycles. The molecule has 0 unspecified atom stereocenters. The van der Waals surface area contributed by atoms with Gasteiger partial charge in [0.1, 0.15) is 0 Å². The van der Waals surface area contributed by atoms with Crippen LogP contribution < -0.4 is 0 Å². The third-order valence-electron chi connectivity index (χ3n) is 16.3. The topological polar surface area (TPSA) is 38.7 Å². The molecule has 13 aromatic carbocycles. The number of benzene rings is 13. The van der Waals surface area contributed by atoms with Gasteiger partial charge in [0.15, 0.2) is 0 Å². The molecule has 16 aromatic rings. The van der Waals surface area contributed by atoms with Crippen LogP contribution in [0.2, 0.25) is 0 Å². The van der Waals surface area contributed by atoms with Gasteiger partial charge in [-0.25, -0.2) is 0 Å². The van der Waals surface area contributed by atoms with Crippen molar-refractivity contribution in [3.8, 4) is 66.8 Å². The lowest BCUT2D eigenvalue weighted by molar-refractivity contribution is 1.43. The maximum absolute atomic E-state index is 4.94. The van der Waals surface area contributed by atoms with Crippen LogP contribution in [0.15, 0.2) is 273 Å². The molecular weight excluding hydrogens is 943 g/mol. The summed E-state index contributed by atoms with van der Waals surface area (Å²) in [5.41, 5.74) is 16.9. The Morgan fingerprint density at radius 1 is 0.154 bits per heavy atom. The van der Waals surface area contributed by atoms with Gasteiger partial charge in [0.2, 0.25) is 0 Å². The predicted octanol–water partition coefficient (Wildman–Crippen LogP) is 20.3. The van der Waals surface area contributed by atoms with E-state index in [0.29, 0.717) is 0 Å². The molecule has 0 amide bonds. The molecule has 78 heavy (non-hydrogen) atoms. The Morgan fingerprint density at radius 2 is 0.372 bits per heavy atom. The summed E-state index contributed by atoms with van der Waals surface area (Å²) in [7, 11) is 0. The van der Waals surface area contributed by atoms with Crippen LogP contribution in [0.1, 0.15) is 0 Å². The van der Waals surface area contributed by atoms with Gasteiger partial charge in [0, 0.05) is 50.9 Å². The molecule has 0 aliphatic carbocycles. The molecule has 0 fully saturated rings. The highest BCUT2D eigenvalue weighted by Crippen LogP contribution is 2.46. The molecule has 3 heteroatoms. The Morgan fingerprint density at radius 3 is 0.654 bits per heavy atom. The van der Waals surface area contributed by atoms with Gasteiger partial charge < -0.3 is 0 Å². The standard InChI is InChI=1S/C75H45N3/c1-4-19-55(52(16-1)46-31-34-67-70(43-46)61-25-10-7-22-58(61)64-28-13-37-76-73(64)67)49-40-50(56-20-5-2-17-53(56)47-32-35-68-71(44-47)62-26-11-8-23-59(62)65-29-14-38-77-74(65)68)42-51(41-49)57-21-6-3-18-54(57)48-33-36-69-72(45-48)63-27-12-9-24-60(63)66-30-15-39-78-75(66)69/h1-45H. The highest BCUT2D eigenvalue weighted by molar-refractivity contribution is 6.27. The molecular formula is C75H45N3. The van der Waals surface area contributed by atoms with E-state index in [4.69, 9.17) is 15.0 Å². The summed E-state index contributed by atoms with van der Waals surface area (Å²) in [6, 6.07) is 93.7. The minimum Gasteiger partial charge on any atom is -0.256 e. The van der Waals surface area contributed by atoms with E-state index in [1.807, 2.05) is 36.8 Å². The number of nitrogens with zero attached hydrogens (tertiary/aromatic N) is 3. The first-order valence-electron chi connectivity index (χ1n) is 26.7. The average Bonchev–Trinajstić information content (AvgIpc) is 3.72. The van der Waals surface area contributed by atoms with Crippen molar-refractivity contribution in [2.75, 3.05) is 0 Å².